The normalized spacial score (nSPS) is 30.7. The molecule has 2 saturated heterocycles. The van der Waals surface area contributed by atoms with Crippen LogP contribution in [0.4, 0.5) is 0 Å². The van der Waals surface area contributed by atoms with Gasteiger partial charge >= 0.3 is 0 Å². The summed E-state index contributed by atoms with van der Waals surface area (Å²) >= 11 is 0. The van der Waals surface area contributed by atoms with Crippen molar-refractivity contribution in [1.82, 2.24) is 14.9 Å². The summed E-state index contributed by atoms with van der Waals surface area (Å²) in [5.74, 6) is 0.423. The van der Waals surface area contributed by atoms with Crippen LogP contribution in [0.25, 0.3) is 0 Å². The first-order valence-corrected chi connectivity index (χ1v) is 8.32. The van der Waals surface area contributed by atoms with Crippen LogP contribution >= 0.6 is 0 Å². The third kappa shape index (κ3) is 2.52. The van der Waals surface area contributed by atoms with Gasteiger partial charge < -0.3 is 10.1 Å². The van der Waals surface area contributed by atoms with E-state index in [0.29, 0.717) is 17.9 Å². The predicted molar refractivity (Wildman–Crippen MR) is 81.4 cm³/mol. The predicted octanol–water partition coefficient (Wildman–Crippen LogP) is 2.03. The number of likely N-dealkylation sites (tertiary alicyclic amines) is 1. The summed E-state index contributed by atoms with van der Waals surface area (Å²) in [5.41, 5.74) is 1.40. The van der Waals surface area contributed by atoms with Crippen LogP contribution in [0.3, 0.4) is 0 Å². The molecule has 5 nitrogen and oxygen atoms in total. The fourth-order valence-electron chi connectivity index (χ4n) is 3.99. The fraction of sp³-hybridized carbons (Fsp3) is 0.647. The number of aromatic nitrogens is 1. The first-order chi connectivity index (χ1) is 10.7. The lowest BCUT2D eigenvalue weighted by Crippen LogP contribution is -2.51. The number of carbonyl (C=O) groups excluding carboxylic acids is 1. The lowest BCUT2D eigenvalue weighted by molar-refractivity contribution is -0.179. The van der Waals surface area contributed by atoms with E-state index in [2.05, 4.69) is 4.98 Å². The van der Waals surface area contributed by atoms with E-state index >= 15 is 0 Å². The zero-order valence-electron chi connectivity index (χ0n) is 12.8. The molecule has 4 rings (SSSR count). The van der Waals surface area contributed by atoms with Gasteiger partial charge in [0.05, 0.1) is 0 Å². The number of carbonyl (C=O) groups is 1. The number of hydrogen-bond donors (Lipinski definition) is 1. The molecule has 0 bridgehead atoms. The van der Waals surface area contributed by atoms with Crippen LogP contribution in [0.15, 0.2) is 24.4 Å². The molecule has 0 radical (unpaired) electrons. The Kier molecular flexibility index (Phi) is 3.42. The van der Waals surface area contributed by atoms with Gasteiger partial charge in [-0.1, -0.05) is 6.07 Å². The summed E-state index contributed by atoms with van der Waals surface area (Å²) in [6.45, 7) is 2.17. The molecule has 118 valence electrons. The second-order valence-corrected chi connectivity index (χ2v) is 7.18. The molecule has 1 saturated carbocycles. The van der Waals surface area contributed by atoms with Crippen LogP contribution in [-0.2, 0) is 4.79 Å². The average molecular weight is 301 g/mol. The van der Waals surface area contributed by atoms with Gasteiger partial charge in [-0.2, -0.15) is 5.06 Å². The number of pyridine rings is 1. The molecule has 22 heavy (non-hydrogen) atoms. The van der Waals surface area contributed by atoms with Gasteiger partial charge in [0.25, 0.3) is 0 Å². The quantitative estimate of drug-likeness (QED) is 0.908. The Morgan fingerprint density at radius 1 is 1.27 bits per heavy atom. The van der Waals surface area contributed by atoms with Crippen molar-refractivity contribution in [2.75, 3.05) is 19.6 Å². The Balaban J connectivity index is 1.39. The van der Waals surface area contributed by atoms with Crippen molar-refractivity contribution in [3.05, 3.63) is 30.1 Å². The van der Waals surface area contributed by atoms with Gasteiger partial charge in [0.2, 0.25) is 5.91 Å². The minimum absolute atomic E-state index is 0.0939. The highest BCUT2D eigenvalue weighted by atomic mass is 16.5. The van der Waals surface area contributed by atoms with Crippen LogP contribution in [0.5, 0.6) is 0 Å². The highest BCUT2D eigenvalue weighted by molar-refractivity contribution is 5.82. The van der Waals surface area contributed by atoms with E-state index in [0.717, 1.165) is 38.0 Å². The van der Waals surface area contributed by atoms with E-state index in [4.69, 9.17) is 0 Å². The van der Waals surface area contributed by atoms with Crippen LogP contribution in [0.2, 0.25) is 0 Å². The van der Waals surface area contributed by atoms with Gasteiger partial charge in [0.1, 0.15) is 6.04 Å². The highest BCUT2D eigenvalue weighted by Gasteiger charge is 2.50. The van der Waals surface area contributed by atoms with Crippen molar-refractivity contribution in [1.29, 1.82) is 0 Å². The molecule has 3 aliphatic rings. The number of rotatable bonds is 2. The van der Waals surface area contributed by atoms with E-state index in [-0.39, 0.29) is 11.9 Å². The molecule has 3 heterocycles. The van der Waals surface area contributed by atoms with Crippen LogP contribution in [0, 0.1) is 5.41 Å². The Labute approximate surface area is 130 Å². The molecule has 2 atom stereocenters. The second-order valence-electron chi connectivity index (χ2n) is 7.18. The summed E-state index contributed by atoms with van der Waals surface area (Å²) in [6, 6.07) is 5.61. The minimum atomic E-state index is -0.339. The van der Waals surface area contributed by atoms with Crippen LogP contribution in [-0.4, -0.2) is 51.7 Å². The van der Waals surface area contributed by atoms with E-state index in [1.807, 2.05) is 29.3 Å². The smallest absolute Gasteiger partial charge is 0.242 e. The minimum Gasteiger partial charge on any atom is -0.341 e. The number of nitrogens with zero attached hydrogens (tertiary/aromatic N) is 3. The van der Waals surface area contributed by atoms with Crippen molar-refractivity contribution in [2.45, 2.75) is 44.1 Å². The van der Waals surface area contributed by atoms with Gasteiger partial charge in [-0.05, 0) is 49.7 Å². The summed E-state index contributed by atoms with van der Waals surface area (Å²) in [6.07, 6.45) is 7.06. The molecular weight excluding hydrogens is 278 g/mol. The van der Waals surface area contributed by atoms with Crippen molar-refractivity contribution in [3.8, 4) is 0 Å². The Bertz CT molecular complexity index is 558. The molecule has 3 fully saturated rings. The van der Waals surface area contributed by atoms with Gasteiger partial charge in [-0.25, -0.2) is 0 Å². The molecule has 0 aromatic carbocycles. The molecule has 1 aliphatic carbocycles. The molecule has 1 N–H and O–H groups in total. The standard InChI is InChI=1S/C17H23N3O2/c21-16(15-4-6-17(7-8-17)12-20(15)22)19-10-5-13(11-19)14-3-1-2-9-18-14/h1-3,9,13,15,22H,4-8,10-12H2/t13-,15-/m0/s1. The van der Waals surface area contributed by atoms with E-state index in [1.165, 1.54) is 17.9 Å². The fourth-order valence-corrected chi connectivity index (χ4v) is 3.99. The Morgan fingerprint density at radius 3 is 2.82 bits per heavy atom. The van der Waals surface area contributed by atoms with Gasteiger partial charge in [0, 0.05) is 37.4 Å². The largest absolute Gasteiger partial charge is 0.341 e. The van der Waals surface area contributed by atoms with Crippen LogP contribution < -0.4 is 0 Å². The molecule has 0 unspecified atom stereocenters. The van der Waals surface area contributed by atoms with Crippen molar-refractivity contribution in [2.24, 2.45) is 5.41 Å². The zero-order valence-corrected chi connectivity index (χ0v) is 12.8. The summed E-state index contributed by atoms with van der Waals surface area (Å²) in [5, 5.41) is 11.5. The summed E-state index contributed by atoms with van der Waals surface area (Å²) in [7, 11) is 0. The summed E-state index contributed by atoms with van der Waals surface area (Å²) < 4.78 is 0. The SMILES string of the molecule is O=C([C@@H]1CCC2(CC2)CN1O)N1CC[C@H](c2ccccn2)C1. The number of piperidine rings is 1. The maximum absolute atomic E-state index is 12.7. The lowest BCUT2D eigenvalue weighted by atomic mass is 9.91. The Morgan fingerprint density at radius 2 is 2.14 bits per heavy atom. The Hall–Kier alpha value is -1.46. The van der Waals surface area contributed by atoms with Crippen molar-refractivity contribution < 1.29 is 10.0 Å². The van der Waals surface area contributed by atoms with Crippen molar-refractivity contribution >= 4 is 5.91 Å². The molecular formula is C17H23N3O2. The first-order valence-electron chi connectivity index (χ1n) is 8.32. The van der Waals surface area contributed by atoms with Gasteiger partial charge in [-0.15, -0.1) is 0 Å². The molecule has 1 spiro atoms. The topological polar surface area (TPSA) is 56.7 Å². The highest BCUT2D eigenvalue weighted by Crippen LogP contribution is 2.52. The van der Waals surface area contributed by atoms with E-state index in [9.17, 15) is 10.0 Å². The monoisotopic (exact) mass is 301 g/mol. The third-order valence-electron chi connectivity index (χ3n) is 5.65. The van der Waals surface area contributed by atoms with Gasteiger partial charge in [0.15, 0.2) is 0 Å². The van der Waals surface area contributed by atoms with Crippen molar-refractivity contribution in [3.63, 3.8) is 0 Å². The van der Waals surface area contributed by atoms with Crippen LogP contribution in [0.1, 0.15) is 43.7 Å². The summed E-state index contributed by atoms with van der Waals surface area (Å²) in [4.78, 5) is 19.0. The van der Waals surface area contributed by atoms with Gasteiger partial charge in [-0.3, -0.25) is 9.78 Å². The van der Waals surface area contributed by atoms with E-state index < -0.39 is 0 Å². The third-order valence-corrected chi connectivity index (χ3v) is 5.65. The molecule has 2 aliphatic heterocycles. The first kappa shape index (κ1) is 14.2. The molecule has 1 aromatic heterocycles. The maximum atomic E-state index is 12.7. The van der Waals surface area contributed by atoms with E-state index in [1.54, 1.807) is 0 Å². The molecule has 5 heteroatoms. The lowest BCUT2D eigenvalue weighted by Gasteiger charge is -2.36. The maximum Gasteiger partial charge on any atom is 0.242 e. The number of hydrogen-bond acceptors (Lipinski definition) is 4. The zero-order chi connectivity index (χ0) is 15.2. The number of hydroxylamine groups is 2. The number of amides is 1. The second kappa shape index (κ2) is 5.32. The molecule has 1 amide bonds. The molecule has 1 aromatic rings. The average Bonchev–Trinajstić information content (AvgIpc) is 3.10.